The minimum Gasteiger partial charge on any atom is -0.324 e. The second-order valence-electron chi connectivity index (χ2n) is 9.37. The number of thiazole rings is 1. The predicted molar refractivity (Wildman–Crippen MR) is 124 cm³/mol. The standard InChI is InChI=1S/C25H27N3O2S/c1-15-4-9-20-22(11-15)31-24(26-20)18-5-7-19(8-6-18)28-23(29)12-21(25(28)30)27-13-16(2)10-17(3)14-27/h4-9,11,16-17,21H,10,12-14H2,1-3H3/p+1/t16-,17+,21-/m1/s1. The van der Waals surface area contributed by atoms with Gasteiger partial charge in [0.05, 0.1) is 35.4 Å². The molecule has 6 heteroatoms. The van der Waals surface area contributed by atoms with E-state index in [0.29, 0.717) is 23.9 Å². The van der Waals surface area contributed by atoms with E-state index in [1.807, 2.05) is 30.3 Å². The molecule has 1 aromatic heterocycles. The van der Waals surface area contributed by atoms with Crippen LogP contribution in [0.4, 0.5) is 5.69 Å². The average Bonchev–Trinajstić information content (AvgIpc) is 3.27. The van der Waals surface area contributed by atoms with Crippen molar-refractivity contribution in [2.75, 3.05) is 18.0 Å². The summed E-state index contributed by atoms with van der Waals surface area (Å²) in [6, 6.07) is 13.7. The van der Waals surface area contributed by atoms with Crippen molar-refractivity contribution in [2.45, 2.75) is 39.7 Å². The Morgan fingerprint density at radius 1 is 1.03 bits per heavy atom. The van der Waals surface area contributed by atoms with Crippen molar-refractivity contribution in [3.8, 4) is 10.6 Å². The topological polar surface area (TPSA) is 54.7 Å². The normalized spacial score (nSPS) is 26.7. The summed E-state index contributed by atoms with van der Waals surface area (Å²) in [5, 5.41) is 0.949. The minimum absolute atomic E-state index is 0.0514. The van der Waals surface area contributed by atoms with Crippen LogP contribution in [0.3, 0.4) is 0 Å². The highest BCUT2D eigenvalue weighted by Crippen LogP contribution is 2.32. The fourth-order valence-corrected chi connectivity index (χ4v) is 6.32. The Bertz CT molecular complexity index is 1140. The Balaban J connectivity index is 1.37. The van der Waals surface area contributed by atoms with Gasteiger partial charge in [0.2, 0.25) is 5.91 Å². The van der Waals surface area contributed by atoms with Crippen LogP contribution in [-0.4, -0.2) is 35.9 Å². The van der Waals surface area contributed by atoms with Crippen molar-refractivity contribution in [1.82, 2.24) is 4.98 Å². The Labute approximate surface area is 186 Å². The maximum Gasteiger partial charge on any atom is 0.292 e. The van der Waals surface area contributed by atoms with Crippen molar-refractivity contribution >= 4 is 39.1 Å². The van der Waals surface area contributed by atoms with Gasteiger partial charge >= 0.3 is 0 Å². The number of rotatable bonds is 3. The number of aryl methyl sites for hydroxylation is 1. The molecule has 2 amide bonds. The number of piperidine rings is 1. The molecule has 2 aliphatic rings. The van der Waals surface area contributed by atoms with Crippen LogP contribution in [0.15, 0.2) is 42.5 Å². The molecule has 31 heavy (non-hydrogen) atoms. The molecule has 5 nitrogen and oxygen atoms in total. The van der Waals surface area contributed by atoms with E-state index in [-0.39, 0.29) is 17.9 Å². The van der Waals surface area contributed by atoms with Crippen LogP contribution in [0.25, 0.3) is 20.8 Å². The smallest absolute Gasteiger partial charge is 0.292 e. The van der Waals surface area contributed by atoms with Gasteiger partial charge in [-0.2, -0.15) is 0 Å². The molecule has 5 rings (SSSR count). The molecular formula is C25H28N3O2S+. The van der Waals surface area contributed by atoms with E-state index in [1.165, 1.54) is 26.5 Å². The minimum atomic E-state index is -0.245. The molecule has 160 valence electrons. The molecule has 2 fully saturated rings. The van der Waals surface area contributed by atoms with Crippen LogP contribution in [0.5, 0.6) is 0 Å². The molecule has 1 unspecified atom stereocenters. The van der Waals surface area contributed by atoms with Gasteiger partial charge in [-0.1, -0.05) is 19.9 Å². The second-order valence-corrected chi connectivity index (χ2v) is 10.4. The summed E-state index contributed by atoms with van der Waals surface area (Å²) in [5.41, 5.74) is 3.88. The number of hydrogen-bond donors (Lipinski definition) is 1. The number of aromatic nitrogens is 1. The molecule has 0 aliphatic carbocycles. The Hall–Kier alpha value is -2.57. The molecular weight excluding hydrogens is 406 g/mol. The van der Waals surface area contributed by atoms with Gasteiger partial charge in [-0.05, 0) is 55.3 Å². The Morgan fingerprint density at radius 2 is 1.74 bits per heavy atom. The Morgan fingerprint density at radius 3 is 2.45 bits per heavy atom. The zero-order valence-corrected chi connectivity index (χ0v) is 19.0. The van der Waals surface area contributed by atoms with E-state index in [9.17, 15) is 9.59 Å². The van der Waals surface area contributed by atoms with Gasteiger partial charge < -0.3 is 4.90 Å². The second kappa shape index (κ2) is 7.84. The highest BCUT2D eigenvalue weighted by molar-refractivity contribution is 7.21. The fourth-order valence-electron chi connectivity index (χ4n) is 5.25. The number of likely N-dealkylation sites (tertiary alicyclic amines) is 1. The first-order valence-corrected chi connectivity index (χ1v) is 11.9. The van der Waals surface area contributed by atoms with E-state index in [4.69, 9.17) is 4.98 Å². The van der Waals surface area contributed by atoms with Crippen molar-refractivity contribution in [3.63, 3.8) is 0 Å². The molecule has 0 bridgehead atoms. The highest BCUT2D eigenvalue weighted by Gasteiger charge is 2.47. The van der Waals surface area contributed by atoms with Crippen LogP contribution in [-0.2, 0) is 9.59 Å². The van der Waals surface area contributed by atoms with Crippen LogP contribution in [0.1, 0.15) is 32.3 Å². The molecule has 3 aromatic rings. The van der Waals surface area contributed by atoms with Crippen molar-refractivity contribution < 1.29 is 14.5 Å². The summed E-state index contributed by atoms with van der Waals surface area (Å²) in [5.74, 6) is 1.04. The molecule has 2 saturated heterocycles. The van der Waals surface area contributed by atoms with Crippen LogP contribution in [0.2, 0.25) is 0 Å². The number of amides is 2. The van der Waals surface area contributed by atoms with E-state index >= 15 is 0 Å². The first kappa shape index (κ1) is 20.3. The number of anilines is 1. The molecule has 0 saturated carbocycles. The molecule has 3 heterocycles. The average molecular weight is 435 g/mol. The molecule has 1 N–H and O–H groups in total. The van der Waals surface area contributed by atoms with Crippen LogP contribution >= 0.6 is 11.3 Å². The number of carbonyl (C=O) groups excluding carboxylic acids is 2. The SMILES string of the molecule is Cc1ccc2nc(-c3ccc(N4C(=O)C[C@@H]([NH+]5C[C@H](C)C[C@H](C)C5)C4=O)cc3)sc2c1. The number of imide groups is 1. The van der Waals surface area contributed by atoms with Gasteiger partial charge in [-0.3, -0.25) is 9.59 Å². The largest absolute Gasteiger partial charge is 0.324 e. The Kier molecular flexibility index (Phi) is 5.15. The maximum atomic E-state index is 13.2. The first-order valence-electron chi connectivity index (χ1n) is 11.1. The molecule has 4 atom stereocenters. The lowest BCUT2D eigenvalue weighted by atomic mass is 9.90. The number of nitrogens with zero attached hydrogens (tertiary/aromatic N) is 2. The number of benzene rings is 2. The summed E-state index contributed by atoms with van der Waals surface area (Å²) in [6.45, 7) is 8.52. The molecule has 2 aliphatic heterocycles. The lowest BCUT2D eigenvalue weighted by Crippen LogP contribution is -3.18. The summed E-state index contributed by atoms with van der Waals surface area (Å²) < 4.78 is 1.17. The summed E-state index contributed by atoms with van der Waals surface area (Å²) in [7, 11) is 0. The number of nitrogens with one attached hydrogen (secondary N) is 1. The molecule has 0 spiro atoms. The third-order valence-corrected chi connectivity index (χ3v) is 7.65. The third kappa shape index (κ3) is 3.79. The van der Waals surface area contributed by atoms with E-state index in [2.05, 4.69) is 32.9 Å². The lowest BCUT2D eigenvalue weighted by molar-refractivity contribution is -0.926. The number of hydrogen-bond acceptors (Lipinski definition) is 4. The van der Waals surface area contributed by atoms with Gasteiger partial charge in [-0.25, -0.2) is 9.88 Å². The fraction of sp³-hybridized carbons (Fsp3) is 0.400. The quantitative estimate of drug-likeness (QED) is 0.643. The van der Waals surface area contributed by atoms with Gasteiger partial charge in [0.25, 0.3) is 5.91 Å². The monoisotopic (exact) mass is 434 g/mol. The lowest BCUT2D eigenvalue weighted by Gasteiger charge is -2.34. The van der Waals surface area contributed by atoms with E-state index < -0.39 is 0 Å². The first-order chi connectivity index (χ1) is 14.9. The maximum absolute atomic E-state index is 13.2. The van der Waals surface area contributed by atoms with Crippen LogP contribution < -0.4 is 9.80 Å². The summed E-state index contributed by atoms with van der Waals surface area (Å²) >= 11 is 1.66. The van der Waals surface area contributed by atoms with Gasteiger partial charge in [0, 0.05) is 17.4 Å². The van der Waals surface area contributed by atoms with Crippen molar-refractivity contribution in [1.29, 1.82) is 0 Å². The molecule has 2 aromatic carbocycles. The van der Waals surface area contributed by atoms with E-state index in [1.54, 1.807) is 11.3 Å². The number of carbonyl (C=O) groups is 2. The van der Waals surface area contributed by atoms with Crippen LogP contribution in [0, 0.1) is 18.8 Å². The van der Waals surface area contributed by atoms with E-state index in [0.717, 1.165) is 29.2 Å². The zero-order valence-electron chi connectivity index (χ0n) is 18.2. The highest BCUT2D eigenvalue weighted by atomic mass is 32.1. The zero-order chi connectivity index (χ0) is 21.7. The number of quaternary nitrogens is 1. The van der Waals surface area contributed by atoms with Gasteiger partial charge in [0.1, 0.15) is 5.01 Å². The summed E-state index contributed by atoms with van der Waals surface area (Å²) in [4.78, 5) is 33.4. The number of fused-ring (bicyclic) bond motifs is 1. The van der Waals surface area contributed by atoms with Crippen molar-refractivity contribution in [3.05, 3.63) is 48.0 Å². The predicted octanol–water partition coefficient (Wildman–Crippen LogP) is 3.46. The molecule has 0 radical (unpaired) electrons. The van der Waals surface area contributed by atoms with Gasteiger partial charge in [-0.15, -0.1) is 11.3 Å². The third-order valence-electron chi connectivity index (χ3n) is 6.58. The summed E-state index contributed by atoms with van der Waals surface area (Å²) in [6.07, 6.45) is 1.52. The van der Waals surface area contributed by atoms with Crippen molar-refractivity contribution in [2.24, 2.45) is 11.8 Å². The van der Waals surface area contributed by atoms with Gasteiger partial charge in [0.15, 0.2) is 6.04 Å².